The lowest BCUT2D eigenvalue weighted by molar-refractivity contribution is -0.159. The van der Waals surface area contributed by atoms with E-state index in [1.807, 2.05) is 6.07 Å². The van der Waals surface area contributed by atoms with Crippen LogP contribution in [0, 0.1) is 11.8 Å². The van der Waals surface area contributed by atoms with Gasteiger partial charge in [-0.2, -0.15) is 0 Å². The Balaban J connectivity index is 1.67. The molecule has 2 aromatic rings. The van der Waals surface area contributed by atoms with Crippen LogP contribution >= 0.6 is 11.6 Å². The lowest BCUT2D eigenvalue weighted by Gasteiger charge is -2.39. The van der Waals surface area contributed by atoms with E-state index in [1.54, 1.807) is 61.5 Å². The average molecular weight is 565 g/mol. The Morgan fingerprint density at radius 2 is 1.88 bits per heavy atom. The summed E-state index contributed by atoms with van der Waals surface area (Å²) in [6.45, 7) is 8.93. The van der Waals surface area contributed by atoms with Crippen molar-refractivity contribution in [3.05, 3.63) is 90.5 Å². The first-order valence-electron chi connectivity index (χ1n) is 13.4. The number of likely N-dealkylation sites (tertiary alicyclic amines) is 1. The van der Waals surface area contributed by atoms with Gasteiger partial charge in [-0.05, 0) is 37.5 Å². The summed E-state index contributed by atoms with van der Waals surface area (Å²) in [7, 11) is 0. The Morgan fingerprint density at radius 1 is 1.18 bits per heavy atom. The van der Waals surface area contributed by atoms with E-state index in [9.17, 15) is 19.5 Å². The Kier molecular flexibility index (Phi) is 7.61. The predicted octanol–water partition coefficient (Wildman–Crippen LogP) is 4.09. The number of rotatable bonds is 10. The number of anilines is 1. The highest BCUT2D eigenvalue weighted by atomic mass is 35.5. The molecule has 3 heterocycles. The number of hydrogen-bond donors (Lipinski definition) is 1. The molecule has 2 unspecified atom stereocenters. The first-order chi connectivity index (χ1) is 19.2. The third kappa shape index (κ3) is 4.26. The summed E-state index contributed by atoms with van der Waals surface area (Å²) in [6, 6.07) is 14.0. The second kappa shape index (κ2) is 10.8. The molecule has 0 aromatic heterocycles. The molecule has 1 spiro atoms. The molecule has 0 saturated carbocycles. The van der Waals surface area contributed by atoms with Crippen LogP contribution < -0.4 is 4.90 Å². The Bertz CT molecular complexity index is 1330. The Hall–Kier alpha value is -3.46. The summed E-state index contributed by atoms with van der Waals surface area (Å²) >= 11 is 6.53. The molecular weight excluding hydrogens is 532 g/mol. The third-order valence-electron chi connectivity index (χ3n) is 8.46. The van der Waals surface area contributed by atoms with Crippen LogP contribution in [0.15, 0.2) is 79.9 Å². The number of carbonyl (C=O) groups excluding carboxylic acids is 3. The van der Waals surface area contributed by atoms with Gasteiger partial charge in [0.25, 0.3) is 5.91 Å². The summed E-state index contributed by atoms with van der Waals surface area (Å²) in [6.07, 6.45) is 3.90. The molecule has 2 aromatic carbocycles. The quantitative estimate of drug-likeness (QED) is 0.345. The number of amides is 2. The highest BCUT2D eigenvalue weighted by Gasteiger charge is 2.79. The SMILES string of the molecule is C=CCOC(=O)[C@@H]1[C@H]2C(=O)N([C@H](CO)c3ccccc3)C(C(=O)N(CC=C)c3ccccc3Cl)C23CC[C@@]1(C)O3. The normalized spacial score (nSPS) is 29.1. The fraction of sp³-hybridized carbons (Fsp3) is 0.387. The van der Waals surface area contributed by atoms with Gasteiger partial charge >= 0.3 is 5.97 Å². The molecule has 0 aliphatic carbocycles. The number of halogens is 1. The van der Waals surface area contributed by atoms with Crippen molar-refractivity contribution < 1.29 is 29.0 Å². The van der Waals surface area contributed by atoms with Gasteiger partial charge in [0.05, 0.1) is 34.9 Å². The van der Waals surface area contributed by atoms with E-state index < -0.39 is 59.5 Å². The van der Waals surface area contributed by atoms with Gasteiger partial charge in [-0.3, -0.25) is 14.4 Å². The molecule has 6 atom stereocenters. The topological polar surface area (TPSA) is 96.4 Å². The van der Waals surface area contributed by atoms with E-state index in [0.717, 1.165) is 0 Å². The van der Waals surface area contributed by atoms with E-state index in [0.29, 0.717) is 29.1 Å². The van der Waals surface area contributed by atoms with Crippen molar-refractivity contribution in [1.29, 1.82) is 0 Å². The number of hydrogen-bond acceptors (Lipinski definition) is 6. The van der Waals surface area contributed by atoms with Gasteiger partial charge in [0.1, 0.15) is 24.2 Å². The van der Waals surface area contributed by atoms with Crippen LogP contribution in [0.1, 0.15) is 31.4 Å². The van der Waals surface area contributed by atoms with Crippen LogP contribution in [0.5, 0.6) is 0 Å². The van der Waals surface area contributed by atoms with Crippen LogP contribution in [-0.2, 0) is 23.9 Å². The number of esters is 1. The highest BCUT2D eigenvalue weighted by molar-refractivity contribution is 6.34. The lowest BCUT2D eigenvalue weighted by Crippen LogP contribution is -2.57. The molecule has 3 fully saturated rings. The summed E-state index contributed by atoms with van der Waals surface area (Å²) in [5.41, 5.74) is -1.17. The maximum absolute atomic E-state index is 14.7. The van der Waals surface area contributed by atoms with Crippen LogP contribution in [0.2, 0.25) is 5.02 Å². The number of aliphatic hydroxyl groups excluding tert-OH is 1. The fourth-order valence-electron chi connectivity index (χ4n) is 6.85. The van der Waals surface area contributed by atoms with E-state index in [4.69, 9.17) is 21.1 Å². The zero-order valence-electron chi connectivity index (χ0n) is 22.4. The molecule has 3 aliphatic heterocycles. The van der Waals surface area contributed by atoms with E-state index in [1.165, 1.54) is 15.9 Å². The van der Waals surface area contributed by atoms with Crippen molar-refractivity contribution in [2.45, 2.75) is 43.1 Å². The van der Waals surface area contributed by atoms with Gasteiger partial charge in [0.2, 0.25) is 5.91 Å². The minimum atomic E-state index is -1.30. The zero-order chi connectivity index (χ0) is 28.7. The second-order valence-electron chi connectivity index (χ2n) is 10.7. The molecule has 210 valence electrons. The molecule has 5 rings (SSSR count). The van der Waals surface area contributed by atoms with Crippen LogP contribution in [0.25, 0.3) is 0 Å². The average Bonchev–Trinajstić information content (AvgIpc) is 3.52. The van der Waals surface area contributed by atoms with Gasteiger partial charge in [-0.25, -0.2) is 0 Å². The first-order valence-corrected chi connectivity index (χ1v) is 13.7. The van der Waals surface area contributed by atoms with Crippen molar-refractivity contribution >= 4 is 35.1 Å². The Morgan fingerprint density at radius 3 is 2.52 bits per heavy atom. The van der Waals surface area contributed by atoms with Crippen molar-refractivity contribution in [3.8, 4) is 0 Å². The van der Waals surface area contributed by atoms with Gasteiger partial charge in [0.15, 0.2) is 0 Å². The molecule has 9 heteroatoms. The lowest BCUT2D eigenvalue weighted by atomic mass is 9.66. The van der Waals surface area contributed by atoms with Crippen molar-refractivity contribution in [2.75, 3.05) is 24.7 Å². The molecule has 40 heavy (non-hydrogen) atoms. The van der Waals surface area contributed by atoms with Crippen molar-refractivity contribution in [2.24, 2.45) is 11.8 Å². The summed E-state index contributed by atoms with van der Waals surface area (Å²) in [5, 5.41) is 11.0. The molecule has 2 bridgehead atoms. The number of carbonyl (C=O) groups is 3. The monoisotopic (exact) mass is 564 g/mol. The minimum Gasteiger partial charge on any atom is -0.461 e. The summed E-state index contributed by atoms with van der Waals surface area (Å²) < 4.78 is 12.1. The molecule has 2 amide bonds. The summed E-state index contributed by atoms with van der Waals surface area (Å²) in [5.74, 6) is -3.31. The molecule has 1 N–H and O–H groups in total. The van der Waals surface area contributed by atoms with Crippen molar-refractivity contribution in [1.82, 2.24) is 4.90 Å². The van der Waals surface area contributed by atoms with Crippen molar-refractivity contribution in [3.63, 3.8) is 0 Å². The fourth-order valence-corrected chi connectivity index (χ4v) is 7.09. The van der Waals surface area contributed by atoms with Crippen LogP contribution in [0.4, 0.5) is 5.69 Å². The maximum Gasteiger partial charge on any atom is 0.313 e. The van der Waals surface area contributed by atoms with E-state index in [-0.39, 0.29) is 13.2 Å². The molecule has 3 aliphatic rings. The van der Waals surface area contributed by atoms with Gasteiger partial charge in [-0.1, -0.05) is 72.8 Å². The summed E-state index contributed by atoms with van der Waals surface area (Å²) in [4.78, 5) is 45.5. The molecular formula is C31H33ClN2O6. The van der Waals surface area contributed by atoms with Gasteiger partial charge in [-0.15, -0.1) is 6.58 Å². The van der Waals surface area contributed by atoms with Crippen LogP contribution in [0.3, 0.4) is 0 Å². The largest absolute Gasteiger partial charge is 0.461 e. The number of benzene rings is 2. The number of nitrogens with zero attached hydrogens (tertiary/aromatic N) is 2. The van der Waals surface area contributed by atoms with Gasteiger partial charge in [0, 0.05) is 6.54 Å². The highest BCUT2D eigenvalue weighted by Crippen LogP contribution is 2.64. The smallest absolute Gasteiger partial charge is 0.313 e. The molecule has 8 nitrogen and oxygen atoms in total. The van der Waals surface area contributed by atoms with Crippen LogP contribution in [-0.4, -0.2) is 64.8 Å². The predicted molar refractivity (Wildman–Crippen MR) is 150 cm³/mol. The molecule has 3 saturated heterocycles. The minimum absolute atomic E-state index is 0.00566. The first kappa shape index (κ1) is 28.1. The van der Waals surface area contributed by atoms with E-state index >= 15 is 0 Å². The number of aliphatic hydroxyl groups is 1. The number of para-hydroxylation sites is 1. The zero-order valence-corrected chi connectivity index (χ0v) is 23.1. The Labute approximate surface area is 238 Å². The maximum atomic E-state index is 14.7. The number of fused-ring (bicyclic) bond motifs is 1. The third-order valence-corrected chi connectivity index (χ3v) is 8.78. The van der Waals surface area contributed by atoms with Gasteiger partial charge < -0.3 is 24.4 Å². The second-order valence-corrected chi connectivity index (χ2v) is 11.1. The van der Waals surface area contributed by atoms with E-state index in [2.05, 4.69) is 13.2 Å². The standard InChI is InChI=1S/C31H33ClN2O6/c1-4-17-33(22-14-10-9-13-21(22)32)28(37)26-31-16-15-30(3,40-31)25(29(38)39-18-5-2)24(31)27(36)34(26)23(19-35)20-11-7-6-8-12-20/h4-14,23-26,35H,1-2,15-19H2,3H3/t23-,24+,25+,26?,30-,31?/m1/s1. The molecule has 0 radical (unpaired) electrons. The number of ether oxygens (including phenoxy) is 2.